The van der Waals surface area contributed by atoms with Gasteiger partial charge in [-0.15, -0.1) is 0 Å². The van der Waals surface area contributed by atoms with Gasteiger partial charge in [-0.05, 0) is 20.3 Å². The van der Waals surface area contributed by atoms with Crippen LogP contribution in [0.5, 0.6) is 0 Å². The van der Waals surface area contributed by atoms with Gasteiger partial charge in [-0.1, -0.05) is 6.08 Å². The number of carbonyl (C=O) groups is 1. The fourth-order valence-electron chi connectivity index (χ4n) is 0.448. The molecular formula is C7H13NO2. The Balaban J connectivity index is 3.81. The molecule has 0 aliphatic heterocycles. The zero-order valence-corrected chi connectivity index (χ0v) is 6.29. The Morgan fingerprint density at radius 3 is 2.60 bits per heavy atom. The van der Waals surface area contributed by atoms with E-state index in [-0.39, 0.29) is 0 Å². The quantitative estimate of drug-likeness (QED) is 0.554. The highest BCUT2D eigenvalue weighted by Crippen LogP contribution is 1.97. The first kappa shape index (κ1) is 9.17. The summed E-state index contributed by atoms with van der Waals surface area (Å²) in [5, 5.41) is 8.79. The number of hydrogen-bond donors (Lipinski definition) is 2. The van der Waals surface area contributed by atoms with Crippen molar-refractivity contribution in [2.24, 2.45) is 5.73 Å². The lowest BCUT2D eigenvalue weighted by molar-refractivity contribution is -0.114. The molecule has 0 aromatic rings. The third-order valence-electron chi connectivity index (χ3n) is 1.15. The van der Waals surface area contributed by atoms with Gasteiger partial charge in [0.1, 0.15) is 0 Å². The number of primary amides is 1. The van der Waals surface area contributed by atoms with Gasteiger partial charge in [0.05, 0.1) is 6.10 Å². The molecular weight excluding hydrogens is 130 g/mol. The topological polar surface area (TPSA) is 63.3 Å². The number of aliphatic hydroxyl groups excluding tert-OH is 1. The second-order valence-electron chi connectivity index (χ2n) is 2.34. The third-order valence-corrected chi connectivity index (χ3v) is 1.15. The van der Waals surface area contributed by atoms with E-state index in [4.69, 9.17) is 10.8 Å². The highest BCUT2D eigenvalue weighted by Gasteiger charge is 1.97. The molecule has 3 nitrogen and oxygen atoms in total. The lowest BCUT2D eigenvalue weighted by atomic mass is 10.2. The zero-order valence-electron chi connectivity index (χ0n) is 6.29. The van der Waals surface area contributed by atoms with Crippen molar-refractivity contribution in [2.45, 2.75) is 26.4 Å². The van der Waals surface area contributed by atoms with Crippen LogP contribution in [0.2, 0.25) is 0 Å². The van der Waals surface area contributed by atoms with E-state index in [2.05, 4.69) is 0 Å². The molecule has 1 amide bonds. The van der Waals surface area contributed by atoms with Crippen molar-refractivity contribution in [1.29, 1.82) is 0 Å². The molecule has 1 atom stereocenters. The van der Waals surface area contributed by atoms with Crippen LogP contribution >= 0.6 is 0 Å². The summed E-state index contributed by atoms with van der Waals surface area (Å²) in [6.45, 7) is 3.29. The van der Waals surface area contributed by atoms with Crippen LogP contribution in [0.15, 0.2) is 11.6 Å². The van der Waals surface area contributed by atoms with Crippen LogP contribution in [0.3, 0.4) is 0 Å². The van der Waals surface area contributed by atoms with Gasteiger partial charge >= 0.3 is 0 Å². The molecule has 3 N–H and O–H groups in total. The van der Waals surface area contributed by atoms with Crippen molar-refractivity contribution >= 4 is 5.91 Å². The van der Waals surface area contributed by atoms with Gasteiger partial charge in [0.15, 0.2) is 0 Å². The van der Waals surface area contributed by atoms with Crippen LogP contribution in [-0.2, 0) is 4.79 Å². The Hall–Kier alpha value is -0.830. The minimum Gasteiger partial charge on any atom is -0.393 e. The Morgan fingerprint density at radius 1 is 1.80 bits per heavy atom. The summed E-state index contributed by atoms with van der Waals surface area (Å²) in [5.74, 6) is -0.430. The molecule has 1 unspecified atom stereocenters. The van der Waals surface area contributed by atoms with Crippen LogP contribution in [0.1, 0.15) is 20.3 Å². The van der Waals surface area contributed by atoms with E-state index >= 15 is 0 Å². The van der Waals surface area contributed by atoms with Crippen LogP contribution in [0.4, 0.5) is 0 Å². The molecule has 0 fully saturated rings. The fourth-order valence-corrected chi connectivity index (χ4v) is 0.448. The van der Waals surface area contributed by atoms with Crippen molar-refractivity contribution in [2.75, 3.05) is 0 Å². The van der Waals surface area contributed by atoms with Gasteiger partial charge in [-0.2, -0.15) is 0 Å². The molecule has 0 rings (SSSR count). The highest BCUT2D eigenvalue weighted by molar-refractivity contribution is 5.91. The smallest absolute Gasteiger partial charge is 0.244 e. The molecule has 3 heteroatoms. The molecule has 0 spiro atoms. The maximum atomic E-state index is 10.4. The van der Waals surface area contributed by atoms with Crippen LogP contribution in [0.25, 0.3) is 0 Å². The molecule has 0 saturated carbocycles. The number of hydrogen-bond acceptors (Lipinski definition) is 2. The molecule has 0 aliphatic rings. The summed E-state index contributed by atoms with van der Waals surface area (Å²) >= 11 is 0. The predicted octanol–water partition coefficient (Wildman–Crippen LogP) is 0.189. The largest absolute Gasteiger partial charge is 0.393 e. The predicted molar refractivity (Wildman–Crippen MR) is 39.2 cm³/mol. The van der Waals surface area contributed by atoms with Crippen molar-refractivity contribution in [1.82, 2.24) is 0 Å². The minimum atomic E-state index is -0.430. The lowest BCUT2D eigenvalue weighted by Gasteiger charge is -1.98. The van der Waals surface area contributed by atoms with E-state index in [1.54, 1.807) is 19.9 Å². The Bertz CT molecular complexity index is 150. The summed E-state index contributed by atoms with van der Waals surface area (Å²) in [7, 11) is 0. The Morgan fingerprint density at radius 2 is 2.30 bits per heavy atom. The van der Waals surface area contributed by atoms with Crippen molar-refractivity contribution < 1.29 is 9.90 Å². The first-order valence-corrected chi connectivity index (χ1v) is 3.18. The van der Waals surface area contributed by atoms with Crippen LogP contribution in [-0.4, -0.2) is 17.1 Å². The van der Waals surface area contributed by atoms with E-state index in [9.17, 15) is 4.79 Å². The molecule has 58 valence electrons. The van der Waals surface area contributed by atoms with E-state index in [1.807, 2.05) is 0 Å². The summed E-state index contributed by atoms with van der Waals surface area (Å²) in [5.41, 5.74) is 5.43. The average Bonchev–Trinajstić information content (AvgIpc) is 1.82. The molecule has 0 heterocycles. The molecule has 0 saturated heterocycles. The third kappa shape index (κ3) is 4.09. The molecule has 0 aliphatic carbocycles. The molecule has 0 radical (unpaired) electrons. The molecule has 0 bridgehead atoms. The second kappa shape index (κ2) is 4.06. The summed E-state index contributed by atoms with van der Waals surface area (Å²) in [6.07, 6.45) is 1.70. The molecule has 0 aromatic carbocycles. The van der Waals surface area contributed by atoms with E-state index in [1.165, 1.54) is 0 Å². The van der Waals surface area contributed by atoms with E-state index < -0.39 is 12.0 Å². The molecule has 10 heavy (non-hydrogen) atoms. The Labute approximate surface area is 60.5 Å². The SMILES string of the molecule is CC(=CCC(C)O)C(N)=O. The van der Waals surface area contributed by atoms with Crippen molar-refractivity contribution in [3.05, 3.63) is 11.6 Å². The minimum absolute atomic E-state index is 0.408. The van der Waals surface area contributed by atoms with E-state index in [0.717, 1.165) is 0 Å². The highest BCUT2D eigenvalue weighted by atomic mass is 16.3. The van der Waals surface area contributed by atoms with Crippen LogP contribution < -0.4 is 5.73 Å². The van der Waals surface area contributed by atoms with Gasteiger partial charge in [0.2, 0.25) is 5.91 Å². The van der Waals surface area contributed by atoms with Crippen molar-refractivity contribution in [3.63, 3.8) is 0 Å². The summed E-state index contributed by atoms with van der Waals surface area (Å²) in [6, 6.07) is 0. The van der Waals surface area contributed by atoms with Gasteiger partial charge in [-0.3, -0.25) is 4.79 Å². The van der Waals surface area contributed by atoms with Gasteiger partial charge in [-0.25, -0.2) is 0 Å². The number of carbonyl (C=O) groups excluding carboxylic acids is 1. The van der Waals surface area contributed by atoms with Gasteiger partial charge < -0.3 is 10.8 Å². The lowest BCUT2D eigenvalue weighted by Crippen LogP contribution is -2.12. The maximum Gasteiger partial charge on any atom is 0.244 e. The fraction of sp³-hybridized carbons (Fsp3) is 0.571. The summed E-state index contributed by atoms with van der Waals surface area (Å²) in [4.78, 5) is 10.4. The summed E-state index contributed by atoms with van der Waals surface area (Å²) < 4.78 is 0. The number of amides is 1. The van der Waals surface area contributed by atoms with Gasteiger partial charge in [0.25, 0.3) is 0 Å². The maximum absolute atomic E-state index is 10.4. The average molecular weight is 143 g/mol. The first-order valence-electron chi connectivity index (χ1n) is 3.18. The standard InChI is InChI=1S/C7H13NO2/c1-5(7(8)10)3-4-6(2)9/h3,6,9H,4H2,1-2H3,(H2,8,10). The Kier molecular flexibility index (Phi) is 3.72. The monoisotopic (exact) mass is 143 g/mol. The first-order chi connectivity index (χ1) is 4.54. The number of rotatable bonds is 3. The van der Waals surface area contributed by atoms with Crippen LogP contribution in [0, 0.1) is 0 Å². The zero-order chi connectivity index (χ0) is 8.15. The second-order valence-corrected chi connectivity index (χ2v) is 2.34. The van der Waals surface area contributed by atoms with Gasteiger partial charge in [0, 0.05) is 5.57 Å². The number of aliphatic hydroxyl groups is 1. The van der Waals surface area contributed by atoms with Crippen molar-refractivity contribution in [3.8, 4) is 0 Å². The normalized spacial score (nSPS) is 14.9. The molecule has 0 aromatic heterocycles. The van der Waals surface area contributed by atoms with E-state index in [0.29, 0.717) is 12.0 Å². The number of nitrogens with two attached hydrogens (primary N) is 1.